The fourth-order valence-electron chi connectivity index (χ4n) is 2.22. The van der Waals surface area contributed by atoms with Gasteiger partial charge in [0.1, 0.15) is 5.75 Å². The van der Waals surface area contributed by atoms with Crippen molar-refractivity contribution in [2.45, 2.75) is 11.3 Å². The van der Waals surface area contributed by atoms with E-state index in [4.69, 9.17) is 11.2 Å². The number of ether oxygens (including phenoxy) is 1. The standard InChI is InChI=1S/C19H20N2O4S/c1-3-13-21-26(23,24)18-10-6-16(7-11-18)19(22)20-14-12-15-4-8-17(25-2)9-5-15/h1,4-11,21H,12-14H2,2H3,(H,20,22). The number of rotatable bonds is 8. The zero-order valence-corrected chi connectivity index (χ0v) is 15.2. The van der Waals surface area contributed by atoms with Gasteiger partial charge in [-0.1, -0.05) is 18.1 Å². The number of carbonyl (C=O) groups is 1. The molecule has 0 atom stereocenters. The lowest BCUT2D eigenvalue weighted by atomic mass is 10.1. The molecule has 0 unspecified atom stereocenters. The van der Waals surface area contributed by atoms with Gasteiger partial charge in [0.2, 0.25) is 10.0 Å². The van der Waals surface area contributed by atoms with Crippen LogP contribution in [0.4, 0.5) is 0 Å². The molecular weight excluding hydrogens is 352 g/mol. The minimum Gasteiger partial charge on any atom is -0.497 e. The van der Waals surface area contributed by atoms with Crippen LogP contribution in [0.1, 0.15) is 15.9 Å². The van der Waals surface area contributed by atoms with Gasteiger partial charge < -0.3 is 10.1 Å². The maximum Gasteiger partial charge on any atom is 0.251 e. The predicted octanol–water partition coefficient (Wildman–Crippen LogP) is 1.58. The van der Waals surface area contributed by atoms with Crippen LogP contribution in [-0.2, 0) is 16.4 Å². The first-order valence-corrected chi connectivity index (χ1v) is 9.39. The fraction of sp³-hybridized carbons (Fsp3) is 0.211. The number of methoxy groups -OCH3 is 1. The zero-order chi connectivity index (χ0) is 19.0. The molecule has 0 saturated carbocycles. The summed E-state index contributed by atoms with van der Waals surface area (Å²) in [6, 6.07) is 13.3. The van der Waals surface area contributed by atoms with Gasteiger partial charge in [-0.15, -0.1) is 6.42 Å². The molecule has 7 heteroatoms. The van der Waals surface area contributed by atoms with Crippen LogP contribution < -0.4 is 14.8 Å². The normalized spacial score (nSPS) is 10.8. The van der Waals surface area contributed by atoms with Crippen LogP contribution >= 0.6 is 0 Å². The number of nitrogens with one attached hydrogen (secondary N) is 2. The van der Waals surface area contributed by atoms with E-state index in [1.807, 2.05) is 24.3 Å². The van der Waals surface area contributed by atoms with E-state index in [9.17, 15) is 13.2 Å². The third-order valence-electron chi connectivity index (χ3n) is 3.65. The molecule has 0 radical (unpaired) electrons. The van der Waals surface area contributed by atoms with Crippen molar-refractivity contribution < 1.29 is 17.9 Å². The number of benzene rings is 2. The molecule has 2 N–H and O–H groups in total. The third kappa shape index (κ3) is 5.34. The molecule has 0 saturated heterocycles. The Bertz CT molecular complexity index is 883. The highest BCUT2D eigenvalue weighted by Crippen LogP contribution is 2.12. The maximum atomic E-state index is 12.1. The van der Waals surface area contributed by atoms with Crippen molar-refractivity contribution in [1.29, 1.82) is 0 Å². The summed E-state index contributed by atoms with van der Waals surface area (Å²) in [5, 5.41) is 2.81. The highest BCUT2D eigenvalue weighted by molar-refractivity contribution is 7.89. The van der Waals surface area contributed by atoms with Crippen molar-refractivity contribution in [3.05, 3.63) is 59.7 Å². The Balaban J connectivity index is 1.90. The van der Waals surface area contributed by atoms with Gasteiger partial charge >= 0.3 is 0 Å². The third-order valence-corrected chi connectivity index (χ3v) is 5.07. The number of carbonyl (C=O) groups excluding carboxylic acids is 1. The molecule has 2 aromatic rings. The Labute approximate surface area is 153 Å². The lowest BCUT2D eigenvalue weighted by Crippen LogP contribution is -2.26. The number of hydrogen-bond acceptors (Lipinski definition) is 4. The molecule has 0 aliphatic rings. The largest absolute Gasteiger partial charge is 0.497 e. The Morgan fingerprint density at radius 3 is 2.35 bits per heavy atom. The molecule has 0 aliphatic heterocycles. The van der Waals surface area contributed by atoms with Crippen molar-refractivity contribution in [2.24, 2.45) is 0 Å². The van der Waals surface area contributed by atoms with Crippen molar-refractivity contribution in [1.82, 2.24) is 10.0 Å². The second-order valence-electron chi connectivity index (χ2n) is 5.41. The predicted molar refractivity (Wildman–Crippen MR) is 99.5 cm³/mol. The molecule has 0 fully saturated rings. The minimum absolute atomic E-state index is 0.0579. The van der Waals surface area contributed by atoms with Crippen LogP contribution in [0.5, 0.6) is 5.75 Å². The molecule has 6 nitrogen and oxygen atoms in total. The highest BCUT2D eigenvalue weighted by Gasteiger charge is 2.13. The lowest BCUT2D eigenvalue weighted by Gasteiger charge is -2.08. The Hall–Kier alpha value is -2.82. The molecule has 0 spiro atoms. The summed E-state index contributed by atoms with van der Waals surface area (Å²) in [5.41, 5.74) is 1.46. The monoisotopic (exact) mass is 372 g/mol. The van der Waals surface area contributed by atoms with Gasteiger partial charge in [-0.2, -0.15) is 4.72 Å². The van der Waals surface area contributed by atoms with Gasteiger partial charge in [0.15, 0.2) is 0 Å². The summed E-state index contributed by atoms with van der Waals surface area (Å²) in [5.74, 6) is 2.72. The topological polar surface area (TPSA) is 84.5 Å². The fourth-order valence-corrected chi connectivity index (χ4v) is 3.15. The summed E-state index contributed by atoms with van der Waals surface area (Å²) in [7, 11) is -2.05. The van der Waals surface area contributed by atoms with E-state index in [2.05, 4.69) is 16.0 Å². The molecule has 0 heterocycles. The van der Waals surface area contributed by atoms with E-state index in [1.54, 1.807) is 7.11 Å². The summed E-state index contributed by atoms with van der Waals surface area (Å²) in [4.78, 5) is 12.2. The van der Waals surface area contributed by atoms with Crippen LogP contribution in [0.2, 0.25) is 0 Å². The summed E-state index contributed by atoms with van der Waals surface area (Å²) >= 11 is 0. The molecule has 2 rings (SSSR count). The SMILES string of the molecule is C#CCNS(=O)(=O)c1ccc(C(=O)NCCc2ccc(OC)cc2)cc1. The maximum absolute atomic E-state index is 12.1. The number of hydrogen-bond donors (Lipinski definition) is 2. The van der Waals surface area contributed by atoms with E-state index >= 15 is 0 Å². The van der Waals surface area contributed by atoms with Crippen molar-refractivity contribution in [3.63, 3.8) is 0 Å². The minimum atomic E-state index is -3.66. The Morgan fingerprint density at radius 1 is 1.12 bits per heavy atom. The van der Waals surface area contributed by atoms with Gasteiger partial charge in [0.05, 0.1) is 18.6 Å². The van der Waals surface area contributed by atoms with E-state index in [1.165, 1.54) is 24.3 Å². The first-order valence-electron chi connectivity index (χ1n) is 7.90. The molecule has 1 amide bonds. The molecule has 2 aromatic carbocycles. The second kappa shape index (κ2) is 9.04. The Kier molecular flexibility index (Phi) is 6.78. The van der Waals surface area contributed by atoms with E-state index in [0.29, 0.717) is 18.5 Å². The molecule has 0 aliphatic carbocycles. The zero-order valence-electron chi connectivity index (χ0n) is 14.4. The van der Waals surface area contributed by atoms with Gasteiger partial charge in [-0.25, -0.2) is 8.42 Å². The highest BCUT2D eigenvalue weighted by atomic mass is 32.2. The van der Waals surface area contributed by atoms with Crippen molar-refractivity contribution >= 4 is 15.9 Å². The van der Waals surface area contributed by atoms with E-state index < -0.39 is 10.0 Å². The molecule has 0 aromatic heterocycles. The average Bonchev–Trinajstić information content (AvgIpc) is 2.67. The average molecular weight is 372 g/mol. The van der Waals surface area contributed by atoms with E-state index in [0.717, 1.165) is 11.3 Å². The van der Waals surface area contributed by atoms with Crippen LogP contribution in [0.3, 0.4) is 0 Å². The summed E-state index contributed by atoms with van der Waals surface area (Å²) < 4.78 is 31.2. The number of sulfonamides is 1. The second-order valence-corrected chi connectivity index (χ2v) is 7.17. The summed E-state index contributed by atoms with van der Waals surface area (Å²) in [6.07, 6.45) is 5.72. The van der Waals surface area contributed by atoms with Crippen molar-refractivity contribution in [3.8, 4) is 18.1 Å². The first kappa shape index (κ1) is 19.5. The molecule has 26 heavy (non-hydrogen) atoms. The quantitative estimate of drug-likeness (QED) is 0.689. The number of terminal acetylenes is 1. The van der Waals surface area contributed by atoms with Crippen molar-refractivity contribution in [2.75, 3.05) is 20.2 Å². The smallest absolute Gasteiger partial charge is 0.251 e. The lowest BCUT2D eigenvalue weighted by molar-refractivity contribution is 0.0954. The van der Waals surface area contributed by atoms with Crippen LogP contribution in [0, 0.1) is 12.3 Å². The van der Waals surface area contributed by atoms with Crippen LogP contribution in [-0.4, -0.2) is 34.5 Å². The van der Waals surface area contributed by atoms with E-state index in [-0.39, 0.29) is 17.3 Å². The van der Waals surface area contributed by atoms with Gasteiger partial charge in [-0.3, -0.25) is 4.79 Å². The molecule has 0 bridgehead atoms. The molecule has 136 valence electrons. The Morgan fingerprint density at radius 2 is 1.77 bits per heavy atom. The van der Waals surface area contributed by atoms with Crippen LogP contribution in [0.15, 0.2) is 53.4 Å². The number of amides is 1. The summed E-state index contributed by atoms with van der Waals surface area (Å²) in [6.45, 7) is 0.380. The van der Waals surface area contributed by atoms with Gasteiger partial charge in [0.25, 0.3) is 5.91 Å². The van der Waals surface area contributed by atoms with Crippen LogP contribution in [0.25, 0.3) is 0 Å². The first-order chi connectivity index (χ1) is 12.5. The van der Waals surface area contributed by atoms with Gasteiger partial charge in [-0.05, 0) is 48.4 Å². The van der Waals surface area contributed by atoms with Gasteiger partial charge in [0, 0.05) is 12.1 Å². The molecular formula is C19H20N2O4S.